The molecule has 2 rings (SSSR count). The molecule has 1 aliphatic heterocycles. The number of benzene rings is 1. The first-order valence-electron chi connectivity index (χ1n) is 6.28. The number of nitrogen functional groups attached to an aromatic ring is 1. The molecule has 1 fully saturated rings. The van der Waals surface area contributed by atoms with Crippen LogP contribution in [-0.2, 0) is 11.3 Å². The molecule has 1 aromatic rings. The molecule has 6 heteroatoms. The Labute approximate surface area is 111 Å². The van der Waals surface area contributed by atoms with E-state index in [1.807, 2.05) is 12.1 Å². The maximum absolute atomic E-state index is 11.5. The van der Waals surface area contributed by atoms with Gasteiger partial charge in [0.1, 0.15) is 0 Å². The Kier molecular flexibility index (Phi) is 4.48. The second-order valence-corrected chi connectivity index (χ2v) is 4.59. The predicted molar refractivity (Wildman–Crippen MR) is 71.0 cm³/mol. The number of hydrazine groups is 1. The Morgan fingerprint density at radius 2 is 2.32 bits per heavy atom. The molecule has 0 unspecified atom stereocenters. The predicted octanol–water partition coefficient (Wildman–Crippen LogP) is -0.388. The summed E-state index contributed by atoms with van der Waals surface area (Å²) in [6.07, 6.45) is 0.939. The van der Waals surface area contributed by atoms with Gasteiger partial charge in [-0.3, -0.25) is 19.9 Å². The molecule has 19 heavy (non-hydrogen) atoms. The highest BCUT2D eigenvalue weighted by molar-refractivity contribution is 5.93. The first kappa shape index (κ1) is 13.5. The van der Waals surface area contributed by atoms with Gasteiger partial charge in [0.15, 0.2) is 0 Å². The molecule has 0 aromatic heterocycles. The van der Waals surface area contributed by atoms with Crippen molar-refractivity contribution < 1.29 is 9.59 Å². The molecular weight excluding hydrogens is 244 g/mol. The summed E-state index contributed by atoms with van der Waals surface area (Å²) in [5.41, 5.74) is 3.64. The van der Waals surface area contributed by atoms with Crippen LogP contribution in [0.3, 0.4) is 0 Å². The Morgan fingerprint density at radius 3 is 3.11 bits per heavy atom. The van der Waals surface area contributed by atoms with Gasteiger partial charge in [-0.25, -0.2) is 5.84 Å². The average Bonchev–Trinajstić information content (AvgIpc) is 2.62. The average molecular weight is 262 g/mol. The lowest BCUT2D eigenvalue weighted by Gasteiger charge is -2.18. The van der Waals surface area contributed by atoms with Crippen molar-refractivity contribution in [3.63, 3.8) is 0 Å². The molecule has 102 valence electrons. The van der Waals surface area contributed by atoms with Crippen molar-refractivity contribution in [3.05, 3.63) is 35.4 Å². The largest absolute Gasteiger partial charge is 0.355 e. The Bertz CT molecular complexity index is 475. The molecule has 0 saturated carbocycles. The second kappa shape index (κ2) is 6.31. The van der Waals surface area contributed by atoms with Gasteiger partial charge < -0.3 is 5.32 Å². The minimum Gasteiger partial charge on any atom is -0.355 e. The third-order valence-corrected chi connectivity index (χ3v) is 3.07. The molecule has 0 bridgehead atoms. The van der Waals surface area contributed by atoms with E-state index in [1.54, 1.807) is 12.1 Å². The number of hydrogen-bond donors (Lipinski definition) is 3. The minimum absolute atomic E-state index is 0.0494. The number of carbonyl (C=O) groups is 2. The molecule has 1 aromatic carbocycles. The van der Waals surface area contributed by atoms with E-state index in [1.165, 1.54) is 0 Å². The van der Waals surface area contributed by atoms with E-state index < -0.39 is 0 Å². The summed E-state index contributed by atoms with van der Waals surface area (Å²) in [5.74, 6) is 4.85. The number of hydrogen-bond acceptors (Lipinski definition) is 4. The molecule has 2 amide bonds. The van der Waals surface area contributed by atoms with Crippen LogP contribution >= 0.6 is 0 Å². The summed E-state index contributed by atoms with van der Waals surface area (Å²) in [5, 5.41) is 2.84. The van der Waals surface area contributed by atoms with Crippen LogP contribution in [0.4, 0.5) is 0 Å². The number of amides is 2. The second-order valence-electron chi connectivity index (χ2n) is 4.59. The van der Waals surface area contributed by atoms with Crippen LogP contribution in [-0.4, -0.2) is 36.3 Å². The van der Waals surface area contributed by atoms with Gasteiger partial charge in [0, 0.05) is 25.2 Å². The summed E-state index contributed by atoms with van der Waals surface area (Å²) >= 11 is 0. The molecule has 0 aliphatic carbocycles. The van der Waals surface area contributed by atoms with E-state index in [4.69, 9.17) is 5.84 Å². The van der Waals surface area contributed by atoms with Crippen molar-refractivity contribution in [1.29, 1.82) is 0 Å². The number of nitrogens with zero attached hydrogens (tertiary/aromatic N) is 1. The summed E-state index contributed by atoms with van der Waals surface area (Å²) in [6, 6.07) is 7.26. The van der Waals surface area contributed by atoms with Crippen LogP contribution in [0, 0.1) is 0 Å². The van der Waals surface area contributed by atoms with Gasteiger partial charge in [-0.1, -0.05) is 12.1 Å². The lowest BCUT2D eigenvalue weighted by Crippen LogP contribution is -2.33. The summed E-state index contributed by atoms with van der Waals surface area (Å²) in [4.78, 5) is 25.0. The van der Waals surface area contributed by atoms with Crippen molar-refractivity contribution in [3.8, 4) is 0 Å². The normalized spacial score (nSPS) is 16.6. The van der Waals surface area contributed by atoms with E-state index in [9.17, 15) is 9.59 Å². The SMILES string of the molecule is NNC(=O)c1cccc(CN2CCCNC(=O)C2)c1. The molecule has 1 aliphatic rings. The fourth-order valence-electron chi connectivity index (χ4n) is 2.16. The molecule has 0 radical (unpaired) electrons. The fraction of sp³-hybridized carbons (Fsp3) is 0.385. The van der Waals surface area contributed by atoms with Crippen molar-refractivity contribution >= 4 is 11.8 Å². The topological polar surface area (TPSA) is 87.5 Å². The van der Waals surface area contributed by atoms with Crippen LogP contribution in [0.15, 0.2) is 24.3 Å². The zero-order chi connectivity index (χ0) is 13.7. The molecular formula is C13H18N4O2. The van der Waals surface area contributed by atoms with Gasteiger partial charge in [0.25, 0.3) is 5.91 Å². The zero-order valence-corrected chi connectivity index (χ0v) is 10.7. The van der Waals surface area contributed by atoms with Gasteiger partial charge in [-0.15, -0.1) is 0 Å². The highest BCUT2D eigenvalue weighted by atomic mass is 16.2. The van der Waals surface area contributed by atoms with Crippen LogP contribution in [0.25, 0.3) is 0 Å². The number of nitrogens with two attached hydrogens (primary N) is 1. The molecule has 0 spiro atoms. The third-order valence-electron chi connectivity index (χ3n) is 3.07. The van der Waals surface area contributed by atoms with E-state index in [2.05, 4.69) is 15.6 Å². The van der Waals surface area contributed by atoms with Crippen LogP contribution < -0.4 is 16.6 Å². The lowest BCUT2D eigenvalue weighted by molar-refractivity contribution is -0.121. The number of rotatable bonds is 3. The Morgan fingerprint density at radius 1 is 1.47 bits per heavy atom. The maximum Gasteiger partial charge on any atom is 0.265 e. The number of carbonyl (C=O) groups excluding carboxylic acids is 2. The van der Waals surface area contributed by atoms with Crippen molar-refractivity contribution in [2.24, 2.45) is 5.84 Å². The lowest BCUT2D eigenvalue weighted by atomic mass is 10.1. The highest BCUT2D eigenvalue weighted by Gasteiger charge is 2.15. The molecule has 0 atom stereocenters. The molecule has 1 saturated heterocycles. The van der Waals surface area contributed by atoms with Crippen LogP contribution in [0.2, 0.25) is 0 Å². The minimum atomic E-state index is -0.310. The van der Waals surface area contributed by atoms with Crippen LogP contribution in [0.5, 0.6) is 0 Å². The summed E-state index contributed by atoms with van der Waals surface area (Å²) in [6.45, 7) is 2.64. The van der Waals surface area contributed by atoms with E-state index in [-0.39, 0.29) is 11.8 Å². The third kappa shape index (κ3) is 3.77. The summed E-state index contributed by atoms with van der Waals surface area (Å²) in [7, 11) is 0. The Hall–Kier alpha value is -1.92. The van der Waals surface area contributed by atoms with Gasteiger partial charge in [0.2, 0.25) is 5.91 Å². The quantitative estimate of drug-likeness (QED) is 0.393. The summed E-state index contributed by atoms with van der Waals surface area (Å²) < 4.78 is 0. The van der Waals surface area contributed by atoms with Gasteiger partial charge in [0.05, 0.1) is 6.54 Å². The monoisotopic (exact) mass is 262 g/mol. The standard InChI is InChI=1S/C13H18N4O2/c14-16-13(19)11-4-1-3-10(7-11)8-17-6-2-5-15-12(18)9-17/h1,3-4,7H,2,5-6,8-9,14H2,(H,15,18)(H,16,19). The number of nitrogens with one attached hydrogen (secondary N) is 2. The zero-order valence-electron chi connectivity index (χ0n) is 10.7. The van der Waals surface area contributed by atoms with Gasteiger partial charge in [-0.2, -0.15) is 0 Å². The van der Waals surface area contributed by atoms with E-state index >= 15 is 0 Å². The Balaban J connectivity index is 2.05. The van der Waals surface area contributed by atoms with Crippen molar-refractivity contribution in [2.75, 3.05) is 19.6 Å². The molecule has 4 N–H and O–H groups in total. The van der Waals surface area contributed by atoms with E-state index in [0.717, 1.165) is 25.1 Å². The van der Waals surface area contributed by atoms with Gasteiger partial charge in [-0.05, 0) is 24.1 Å². The van der Waals surface area contributed by atoms with E-state index in [0.29, 0.717) is 18.7 Å². The van der Waals surface area contributed by atoms with Crippen molar-refractivity contribution in [2.45, 2.75) is 13.0 Å². The highest BCUT2D eigenvalue weighted by Crippen LogP contribution is 2.09. The first-order chi connectivity index (χ1) is 9.19. The molecule has 6 nitrogen and oxygen atoms in total. The van der Waals surface area contributed by atoms with Crippen LogP contribution in [0.1, 0.15) is 22.3 Å². The fourth-order valence-corrected chi connectivity index (χ4v) is 2.16. The first-order valence-corrected chi connectivity index (χ1v) is 6.28. The maximum atomic E-state index is 11.5. The molecule has 1 heterocycles. The smallest absolute Gasteiger partial charge is 0.265 e. The van der Waals surface area contributed by atoms with Crippen molar-refractivity contribution in [1.82, 2.24) is 15.6 Å². The van der Waals surface area contributed by atoms with Gasteiger partial charge >= 0.3 is 0 Å².